The van der Waals surface area contributed by atoms with Crippen molar-refractivity contribution in [3.8, 4) is 0 Å². The summed E-state index contributed by atoms with van der Waals surface area (Å²) in [6.45, 7) is 2.43. The predicted molar refractivity (Wildman–Crippen MR) is 78.5 cm³/mol. The Hall–Kier alpha value is -1.64. The van der Waals surface area contributed by atoms with E-state index < -0.39 is 22.2 Å². The van der Waals surface area contributed by atoms with E-state index in [1.807, 2.05) is 12.3 Å². The quantitative estimate of drug-likeness (QED) is 0.851. The number of aryl methyl sites for hydroxylation is 1. The Bertz CT molecular complexity index is 723. The number of aliphatic hydroxyl groups is 1. The Morgan fingerprint density at radius 3 is 2.95 bits per heavy atom. The van der Waals surface area contributed by atoms with Gasteiger partial charge in [0.1, 0.15) is 0 Å². The molecular formula is C14H19N3O4S. The van der Waals surface area contributed by atoms with E-state index in [0.29, 0.717) is 19.4 Å². The SMILES string of the molecule is Cc1coc(S(=O)(=O)N[C@@H]2CC(Cn3cccn3)C[C@H]2O)c1. The number of hydrogen-bond acceptors (Lipinski definition) is 5. The third-order valence-electron chi connectivity index (χ3n) is 3.91. The van der Waals surface area contributed by atoms with E-state index in [-0.39, 0.29) is 11.0 Å². The molecule has 2 aromatic heterocycles. The van der Waals surface area contributed by atoms with E-state index in [1.54, 1.807) is 17.8 Å². The molecule has 0 amide bonds. The first-order valence-corrected chi connectivity index (χ1v) is 8.65. The Morgan fingerprint density at radius 2 is 2.32 bits per heavy atom. The maximum absolute atomic E-state index is 12.2. The fourth-order valence-corrected chi connectivity index (χ4v) is 4.15. The predicted octanol–water partition coefficient (Wildman–Crippen LogP) is 0.903. The molecule has 0 radical (unpaired) electrons. The Balaban J connectivity index is 1.65. The molecule has 1 unspecified atom stereocenters. The molecule has 120 valence electrons. The highest BCUT2D eigenvalue weighted by Crippen LogP contribution is 2.28. The molecule has 0 spiro atoms. The number of sulfonamides is 1. The van der Waals surface area contributed by atoms with Gasteiger partial charge in [-0.1, -0.05) is 0 Å². The Morgan fingerprint density at radius 1 is 1.50 bits per heavy atom. The molecule has 1 aliphatic carbocycles. The van der Waals surface area contributed by atoms with Gasteiger partial charge in [0.25, 0.3) is 10.0 Å². The minimum atomic E-state index is -3.74. The zero-order chi connectivity index (χ0) is 15.7. The first kappa shape index (κ1) is 15.3. The van der Waals surface area contributed by atoms with Gasteiger partial charge in [0.15, 0.2) is 0 Å². The third-order valence-corrected chi connectivity index (χ3v) is 5.27. The molecule has 0 aromatic carbocycles. The lowest BCUT2D eigenvalue weighted by Gasteiger charge is -2.15. The molecule has 2 N–H and O–H groups in total. The summed E-state index contributed by atoms with van der Waals surface area (Å²) in [4.78, 5) is 0. The van der Waals surface area contributed by atoms with Crippen LogP contribution in [0.5, 0.6) is 0 Å². The summed E-state index contributed by atoms with van der Waals surface area (Å²) >= 11 is 0. The summed E-state index contributed by atoms with van der Waals surface area (Å²) in [7, 11) is -3.74. The molecule has 1 fully saturated rings. The second kappa shape index (κ2) is 5.86. The van der Waals surface area contributed by atoms with E-state index in [2.05, 4.69) is 9.82 Å². The van der Waals surface area contributed by atoms with E-state index in [1.165, 1.54) is 12.3 Å². The first-order valence-electron chi connectivity index (χ1n) is 7.17. The summed E-state index contributed by atoms with van der Waals surface area (Å²) in [6.07, 6.45) is 5.36. The van der Waals surface area contributed by atoms with Crippen LogP contribution in [0.1, 0.15) is 18.4 Å². The minimum absolute atomic E-state index is 0.118. The van der Waals surface area contributed by atoms with Crippen molar-refractivity contribution in [2.45, 2.75) is 43.5 Å². The number of aromatic nitrogens is 2. The average molecular weight is 325 g/mol. The molecule has 8 heteroatoms. The number of furan rings is 1. The lowest BCUT2D eigenvalue weighted by Crippen LogP contribution is -2.39. The van der Waals surface area contributed by atoms with Gasteiger partial charge >= 0.3 is 0 Å². The van der Waals surface area contributed by atoms with Crippen molar-refractivity contribution in [1.82, 2.24) is 14.5 Å². The van der Waals surface area contributed by atoms with Gasteiger partial charge in [0, 0.05) is 31.0 Å². The zero-order valence-corrected chi connectivity index (χ0v) is 13.0. The van der Waals surface area contributed by atoms with Crippen LogP contribution in [0.25, 0.3) is 0 Å². The molecule has 7 nitrogen and oxygen atoms in total. The van der Waals surface area contributed by atoms with Crippen LogP contribution in [0.15, 0.2) is 40.3 Å². The number of nitrogens with one attached hydrogen (secondary N) is 1. The van der Waals surface area contributed by atoms with Crippen LogP contribution in [0, 0.1) is 12.8 Å². The summed E-state index contributed by atoms with van der Waals surface area (Å²) in [5, 5.41) is 14.1. The van der Waals surface area contributed by atoms with Crippen molar-refractivity contribution in [1.29, 1.82) is 0 Å². The van der Waals surface area contributed by atoms with Gasteiger partial charge in [-0.3, -0.25) is 4.68 Å². The van der Waals surface area contributed by atoms with E-state index in [9.17, 15) is 13.5 Å². The van der Waals surface area contributed by atoms with Gasteiger partial charge in [-0.05, 0) is 37.3 Å². The largest absolute Gasteiger partial charge is 0.451 e. The second-order valence-corrected chi connectivity index (χ2v) is 7.45. The van der Waals surface area contributed by atoms with Crippen LogP contribution in [-0.4, -0.2) is 35.5 Å². The Labute approximate surface area is 129 Å². The topological polar surface area (TPSA) is 97.4 Å². The van der Waals surface area contributed by atoms with Gasteiger partial charge in [0.05, 0.1) is 12.4 Å². The fraction of sp³-hybridized carbons (Fsp3) is 0.500. The third kappa shape index (κ3) is 3.23. The highest BCUT2D eigenvalue weighted by Gasteiger charge is 2.36. The van der Waals surface area contributed by atoms with Gasteiger partial charge in [-0.25, -0.2) is 13.1 Å². The summed E-state index contributed by atoms with van der Waals surface area (Å²) in [5.74, 6) is 0.181. The van der Waals surface area contributed by atoms with Crippen molar-refractivity contribution in [3.63, 3.8) is 0 Å². The highest BCUT2D eigenvalue weighted by atomic mass is 32.2. The molecule has 1 saturated carbocycles. The number of nitrogens with zero attached hydrogens (tertiary/aromatic N) is 2. The normalized spacial score (nSPS) is 25.6. The van der Waals surface area contributed by atoms with Gasteiger partial charge < -0.3 is 9.52 Å². The molecule has 0 saturated heterocycles. The van der Waals surface area contributed by atoms with E-state index in [0.717, 1.165) is 5.56 Å². The Kier molecular flexibility index (Phi) is 4.07. The van der Waals surface area contributed by atoms with Gasteiger partial charge in [0.2, 0.25) is 5.09 Å². The lowest BCUT2D eigenvalue weighted by molar-refractivity contribution is 0.154. The molecule has 3 rings (SSSR count). The zero-order valence-electron chi connectivity index (χ0n) is 12.2. The van der Waals surface area contributed by atoms with Crippen LogP contribution in [0.2, 0.25) is 0 Å². The second-order valence-electron chi connectivity index (χ2n) is 5.80. The molecule has 3 atom stereocenters. The van der Waals surface area contributed by atoms with Crippen molar-refractivity contribution in [2.24, 2.45) is 5.92 Å². The molecule has 2 heterocycles. The summed E-state index contributed by atoms with van der Waals surface area (Å²) in [6, 6.07) is 2.80. The van der Waals surface area contributed by atoms with E-state index >= 15 is 0 Å². The first-order chi connectivity index (χ1) is 10.4. The summed E-state index contributed by atoms with van der Waals surface area (Å²) < 4.78 is 33.9. The van der Waals surface area contributed by atoms with E-state index in [4.69, 9.17) is 4.42 Å². The van der Waals surface area contributed by atoms with Crippen molar-refractivity contribution >= 4 is 10.0 Å². The van der Waals surface area contributed by atoms with Crippen LogP contribution in [0.4, 0.5) is 0 Å². The minimum Gasteiger partial charge on any atom is -0.451 e. The molecule has 2 aromatic rings. The van der Waals surface area contributed by atoms with Crippen LogP contribution in [0.3, 0.4) is 0 Å². The average Bonchev–Trinajstić information content (AvgIpc) is 3.14. The molecule has 0 bridgehead atoms. The van der Waals surface area contributed by atoms with Crippen molar-refractivity contribution in [2.75, 3.05) is 0 Å². The smallest absolute Gasteiger partial charge is 0.274 e. The lowest BCUT2D eigenvalue weighted by atomic mass is 10.1. The molecule has 0 aliphatic heterocycles. The fourth-order valence-electron chi connectivity index (χ4n) is 2.87. The highest BCUT2D eigenvalue weighted by molar-refractivity contribution is 7.89. The van der Waals surface area contributed by atoms with Crippen LogP contribution < -0.4 is 4.72 Å². The molecule has 1 aliphatic rings. The van der Waals surface area contributed by atoms with Crippen LogP contribution in [-0.2, 0) is 16.6 Å². The number of rotatable bonds is 5. The molecular weight excluding hydrogens is 306 g/mol. The summed E-state index contributed by atoms with van der Waals surface area (Å²) in [5.41, 5.74) is 0.740. The molecule has 22 heavy (non-hydrogen) atoms. The maximum Gasteiger partial charge on any atom is 0.274 e. The monoisotopic (exact) mass is 325 g/mol. The van der Waals surface area contributed by atoms with Crippen molar-refractivity contribution < 1.29 is 17.9 Å². The van der Waals surface area contributed by atoms with Gasteiger partial charge in [-0.2, -0.15) is 5.10 Å². The number of hydrogen-bond donors (Lipinski definition) is 2. The van der Waals surface area contributed by atoms with Crippen LogP contribution >= 0.6 is 0 Å². The maximum atomic E-state index is 12.2. The van der Waals surface area contributed by atoms with Gasteiger partial charge in [-0.15, -0.1) is 0 Å². The standard InChI is InChI=1S/C14H19N3O4S/c1-10-5-14(21-9-10)22(19,20)16-12-6-11(7-13(12)18)8-17-4-2-3-15-17/h2-5,9,11-13,16,18H,6-8H2,1H3/t11?,12-,13-/m1/s1. The number of aliphatic hydroxyl groups excluding tert-OH is 1. The van der Waals surface area contributed by atoms with Crippen molar-refractivity contribution in [3.05, 3.63) is 36.4 Å².